The number of alkyl halides is 3. The van der Waals surface area contributed by atoms with Gasteiger partial charge >= 0.3 is 6.18 Å². The van der Waals surface area contributed by atoms with Crippen LogP contribution in [0.2, 0.25) is 0 Å². The van der Waals surface area contributed by atoms with Gasteiger partial charge in [0.2, 0.25) is 0 Å². The number of carbonyl (C=O) groups excluding carboxylic acids is 1. The van der Waals surface area contributed by atoms with Crippen LogP contribution >= 0.6 is 0 Å². The summed E-state index contributed by atoms with van der Waals surface area (Å²) in [6, 6.07) is 13.4. The third kappa shape index (κ3) is 5.96. The molecular formula is C19H18F3NO3S. The van der Waals surface area contributed by atoms with E-state index in [0.717, 1.165) is 0 Å². The molecule has 0 spiro atoms. The van der Waals surface area contributed by atoms with E-state index in [9.17, 15) is 26.4 Å². The van der Waals surface area contributed by atoms with Crippen LogP contribution in [0.1, 0.15) is 15.9 Å². The zero-order chi connectivity index (χ0) is 20.1. The van der Waals surface area contributed by atoms with Gasteiger partial charge in [0, 0.05) is 12.1 Å². The lowest BCUT2D eigenvalue weighted by molar-refractivity contribution is -0.139. The van der Waals surface area contributed by atoms with Crippen LogP contribution in [0.25, 0.3) is 0 Å². The number of nitrogens with zero attached hydrogens (tertiary/aromatic N) is 1. The van der Waals surface area contributed by atoms with E-state index in [1.807, 2.05) is 0 Å². The summed E-state index contributed by atoms with van der Waals surface area (Å²) in [5.41, 5.74) is 0.303. The van der Waals surface area contributed by atoms with Crippen LogP contribution in [0, 0.1) is 0 Å². The maximum absolute atomic E-state index is 12.7. The summed E-state index contributed by atoms with van der Waals surface area (Å²) in [4.78, 5) is 13.2. The van der Waals surface area contributed by atoms with Crippen molar-refractivity contribution in [1.29, 1.82) is 0 Å². The molecule has 0 fully saturated rings. The molecule has 2 aromatic carbocycles. The highest BCUT2D eigenvalue weighted by atomic mass is 32.2. The SMILES string of the molecule is C=CCN(CC(F)(F)F)C(=O)c1cccc(CS(=O)(=O)c2ccccc2)c1. The van der Waals surface area contributed by atoms with E-state index in [-0.39, 0.29) is 22.8 Å². The van der Waals surface area contributed by atoms with Gasteiger partial charge in [-0.2, -0.15) is 13.2 Å². The van der Waals surface area contributed by atoms with Gasteiger partial charge in [0.05, 0.1) is 10.6 Å². The molecule has 8 heteroatoms. The average molecular weight is 397 g/mol. The van der Waals surface area contributed by atoms with Crippen LogP contribution in [-0.4, -0.2) is 38.5 Å². The summed E-state index contributed by atoms with van der Waals surface area (Å²) < 4.78 is 63.0. The molecule has 0 N–H and O–H groups in total. The first kappa shape index (κ1) is 20.7. The highest BCUT2D eigenvalue weighted by Gasteiger charge is 2.33. The van der Waals surface area contributed by atoms with E-state index >= 15 is 0 Å². The summed E-state index contributed by atoms with van der Waals surface area (Å²) in [5, 5.41) is 0. The molecule has 0 aliphatic rings. The monoisotopic (exact) mass is 397 g/mol. The topological polar surface area (TPSA) is 54.5 Å². The number of rotatable bonds is 7. The normalized spacial score (nSPS) is 11.8. The molecule has 0 saturated carbocycles. The number of amides is 1. The molecule has 4 nitrogen and oxygen atoms in total. The van der Waals surface area contributed by atoms with Crippen molar-refractivity contribution in [2.75, 3.05) is 13.1 Å². The standard InChI is InChI=1S/C19H18F3NO3S/c1-2-11-23(14-19(20,21)22)18(24)16-8-6-7-15(12-16)13-27(25,26)17-9-4-3-5-10-17/h2-10,12H,1,11,13-14H2. The third-order valence-electron chi connectivity index (χ3n) is 3.64. The maximum atomic E-state index is 12.7. The Balaban J connectivity index is 2.26. The van der Waals surface area contributed by atoms with E-state index in [2.05, 4.69) is 6.58 Å². The Morgan fingerprint density at radius 3 is 2.33 bits per heavy atom. The Hall–Kier alpha value is -2.61. The van der Waals surface area contributed by atoms with E-state index in [4.69, 9.17) is 0 Å². The van der Waals surface area contributed by atoms with Crippen molar-refractivity contribution < 1.29 is 26.4 Å². The fraction of sp³-hybridized carbons (Fsp3) is 0.211. The fourth-order valence-corrected chi connectivity index (χ4v) is 3.86. The minimum absolute atomic E-state index is 0.0122. The molecule has 0 unspecified atom stereocenters. The van der Waals surface area contributed by atoms with Crippen molar-refractivity contribution in [2.45, 2.75) is 16.8 Å². The van der Waals surface area contributed by atoms with Gasteiger partial charge in [-0.25, -0.2) is 8.42 Å². The number of hydrogen-bond donors (Lipinski definition) is 0. The van der Waals surface area contributed by atoms with E-state index in [1.165, 1.54) is 42.5 Å². The Bertz CT molecular complexity index is 909. The molecular weight excluding hydrogens is 379 g/mol. The van der Waals surface area contributed by atoms with E-state index in [1.54, 1.807) is 18.2 Å². The largest absolute Gasteiger partial charge is 0.406 e. The van der Waals surface area contributed by atoms with E-state index in [0.29, 0.717) is 10.5 Å². The number of sulfone groups is 1. The molecule has 0 saturated heterocycles. The van der Waals surface area contributed by atoms with Gasteiger partial charge in [0.15, 0.2) is 9.84 Å². The minimum Gasteiger partial charge on any atom is -0.326 e. The van der Waals surface area contributed by atoms with Gasteiger partial charge in [-0.05, 0) is 29.8 Å². The Kier molecular flexibility index (Phi) is 6.43. The molecule has 0 aliphatic carbocycles. The van der Waals surface area contributed by atoms with Crippen LogP contribution in [0.15, 0.2) is 72.1 Å². The van der Waals surface area contributed by atoms with Crippen molar-refractivity contribution in [3.8, 4) is 0 Å². The van der Waals surface area contributed by atoms with Crippen LogP contribution in [-0.2, 0) is 15.6 Å². The molecule has 144 valence electrons. The van der Waals surface area contributed by atoms with Crippen LogP contribution in [0.4, 0.5) is 13.2 Å². The Morgan fingerprint density at radius 2 is 1.74 bits per heavy atom. The highest BCUT2D eigenvalue weighted by Crippen LogP contribution is 2.20. The second-order valence-corrected chi connectivity index (χ2v) is 7.85. The number of carbonyl (C=O) groups is 1. The fourth-order valence-electron chi connectivity index (χ4n) is 2.50. The van der Waals surface area contributed by atoms with Crippen molar-refractivity contribution in [3.63, 3.8) is 0 Å². The predicted molar refractivity (Wildman–Crippen MR) is 95.9 cm³/mol. The number of halogens is 3. The third-order valence-corrected chi connectivity index (χ3v) is 5.34. The first-order valence-electron chi connectivity index (χ1n) is 7.96. The quantitative estimate of drug-likeness (QED) is 0.667. The van der Waals surface area contributed by atoms with Gasteiger partial charge in [-0.15, -0.1) is 6.58 Å². The minimum atomic E-state index is -4.55. The van der Waals surface area contributed by atoms with Crippen molar-refractivity contribution in [2.24, 2.45) is 0 Å². The number of hydrogen-bond acceptors (Lipinski definition) is 3. The first-order valence-corrected chi connectivity index (χ1v) is 9.61. The zero-order valence-electron chi connectivity index (χ0n) is 14.3. The smallest absolute Gasteiger partial charge is 0.326 e. The van der Waals surface area contributed by atoms with E-state index < -0.39 is 28.5 Å². The van der Waals surface area contributed by atoms with Gasteiger partial charge in [0.1, 0.15) is 6.54 Å². The summed E-state index contributed by atoms with van der Waals surface area (Å²) in [5.74, 6) is -1.20. The molecule has 1 amide bonds. The molecule has 2 aromatic rings. The van der Waals surface area contributed by atoms with Crippen molar-refractivity contribution >= 4 is 15.7 Å². The molecule has 2 rings (SSSR count). The second-order valence-electron chi connectivity index (χ2n) is 5.86. The Labute approximate surface area is 155 Å². The Morgan fingerprint density at radius 1 is 1.07 bits per heavy atom. The first-order chi connectivity index (χ1) is 12.6. The summed E-state index contributed by atoms with van der Waals surface area (Å²) in [6.45, 7) is 1.68. The lowest BCUT2D eigenvalue weighted by Crippen LogP contribution is -2.39. The molecule has 0 bridgehead atoms. The molecule has 0 radical (unpaired) electrons. The highest BCUT2D eigenvalue weighted by molar-refractivity contribution is 7.90. The second kappa shape index (κ2) is 8.39. The molecule has 0 aliphatic heterocycles. The number of benzene rings is 2. The summed E-state index contributed by atoms with van der Waals surface area (Å²) in [7, 11) is -3.64. The van der Waals surface area contributed by atoms with Crippen molar-refractivity contribution in [1.82, 2.24) is 4.90 Å². The molecule has 27 heavy (non-hydrogen) atoms. The van der Waals surface area contributed by atoms with Crippen molar-refractivity contribution in [3.05, 3.63) is 78.4 Å². The van der Waals surface area contributed by atoms with Crippen LogP contribution in [0.3, 0.4) is 0 Å². The molecule has 0 heterocycles. The van der Waals surface area contributed by atoms with Gasteiger partial charge in [0.25, 0.3) is 5.91 Å². The van der Waals surface area contributed by atoms with Gasteiger partial charge in [-0.1, -0.05) is 36.4 Å². The van der Waals surface area contributed by atoms with Gasteiger partial charge in [-0.3, -0.25) is 4.79 Å². The zero-order valence-corrected chi connectivity index (χ0v) is 15.1. The average Bonchev–Trinajstić information content (AvgIpc) is 2.60. The molecule has 0 atom stereocenters. The lowest BCUT2D eigenvalue weighted by atomic mass is 10.1. The maximum Gasteiger partial charge on any atom is 0.406 e. The van der Waals surface area contributed by atoms with Crippen LogP contribution < -0.4 is 0 Å². The summed E-state index contributed by atoms with van der Waals surface area (Å²) >= 11 is 0. The molecule has 0 aromatic heterocycles. The summed E-state index contributed by atoms with van der Waals surface area (Å²) in [6.07, 6.45) is -3.35. The lowest BCUT2D eigenvalue weighted by Gasteiger charge is -2.22. The predicted octanol–water partition coefficient (Wildman–Crippen LogP) is 3.85. The van der Waals surface area contributed by atoms with Crippen LogP contribution in [0.5, 0.6) is 0 Å². The van der Waals surface area contributed by atoms with Gasteiger partial charge < -0.3 is 4.90 Å².